The maximum absolute atomic E-state index is 11.9. The minimum absolute atomic E-state index is 0.0253. The second-order valence-corrected chi connectivity index (χ2v) is 5.57. The summed E-state index contributed by atoms with van der Waals surface area (Å²) < 4.78 is 0.891. The molecule has 1 aromatic rings. The Morgan fingerprint density at radius 3 is 2.70 bits per heavy atom. The van der Waals surface area contributed by atoms with E-state index >= 15 is 0 Å². The number of nitrogens with one attached hydrogen (secondary N) is 1. The van der Waals surface area contributed by atoms with E-state index in [1.807, 2.05) is 19.9 Å². The zero-order valence-electron chi connectivity index (χ0n) is 11.3. The molecule has 0 saturated carbocycles. The summed E-state index contributed by atoms with van der Waals surface area (Å²) >= 11 is 11.3. The number of hydrogen-bond acceptors (Lipinski definition) is 4. The van der Waals surface area contributed by atoms with Gasteiger partial charge in [0.2, 0.25) is 5.91 Å². The molecule has 1 atom stereocenters. The normalized spacial score (nSPS) is 13.7. The molecule has 0 spiro atoms. The monoisotopic (exact) mass is 316 g/mol. The van der Waals surface area contributed by atoms with Crippen molar-refractivity contribution in [3.05, 3.63) is 26.6 Å². The van der Waals surface area contributed by atoms with Crippen LogP contribution in [0, 0.1) is 17.2 Å². The van der Waals surface area contributed by atoms with Gasteiger partial charge in [-0.1, -0.05) is 37.0 Å². The minimum Gasteiger partial charge on any atom is -0.336 e. The third kappa shape index (κ3) is 3.50. The van der Waals surface area contributed by atoms with Crippen molar-refractivity contribution in [2.24, 2.45) is 5.92 Å². The predicted molar refractivity (Wildman–Crippen MR) is 75.5 cm³/mol. The molecular formula is C12H14Cl2N4O2. The van der Waals surface area contributed by atoms with Crippen LogP contribution in [-0.2, 0) is 11.3 Å². The lowest BCUT2D eigenvalue weighted by Crippen LogP contribution is -2.50. The van der Waals surface area contributed by atoms with Gasteiger partial charge in [0.1, 0.15) is 17.1 Å². The molecule has 6 nitrogen and oxygen atoms in total. The largest absolute Gasteiger partial charge is 0.336 e. The Hall–Kier alpha value is -1.58. The van der Waals surface area contributed by atoms with Gasteiger partial charge in [-0.15, -0.1) is 0 Å². The molecule has 0 aromatic carbocycles. The van der Waals surface area contributed by atoms with Gasteiger partial charge in [0, 0.05) is 0 Å². The molecule has 0 aliphatic heterocycles. The summed E-state index contributed by atoms with van der Waals surface area (Å²) in [6.07, 6.45) is 1.19. The zero-order valence-corrected chi connectivity index (χ0v) is 12.8. The average Bonchev–Trinajstić information content (AvgIpc) is 2.39. The highest BCUT2D eigenvalue weighted by Crippen LogP contribution is 2.16. The number of halogens is 2. The van der Waals surface area contributed by atoms with E-state index in [2.05, 4.69) is 10.4 Å². The Bertz CT molecular complexity index is 621. The van der Waals surface area contributed by atoms with Crippen LogP contribution >= 0.6 is 23.2 Å². The van der Waals surface area contributed by atoms with Crippen LogP contribution in [-0.4, -0.2) is 21.2 Å². The van der Waals surface area contributed by atoms with Crippen molar-refractivity contribution in [3.63, 3.8) is 0 Å². The highest BCUT2D eigenvalue weighted by Gasteiger charge is 2.30. The van der Waals surface area contributed by atoms with Crippen molar-refractivity contribution < 1.29 is 4.79 Å². The molecule has 1 aromatic heterocycles. The van der Waals surface area contributed by atoms with Gasteiger partial charge in [0.05, 0.1) is 17.3 Å². The van der Waals surface area contributed by atoms with Crippen molar-refractivity contribution in [3.8, 4) is 6.07 Å². The second kappa shape index (κ2) is 6.25. The molecule has 8 heteroatoms. The van der Waals surface area contributed by atoms with Gasteiger partial charge in [-0.05, 0) is 12.8 Å². The summed E-state index contributed by atoms with van der Waals surface area (Å²) in [7, 11) is 0. The van der Waals surface area contributed by atoms with E-state index in [0.29, 0.717) is 0 Å². The second-order valence-electron chi connectivity index (χ2n) is 4.79. The van der Waals surface area contributed by atoms with Crippen molar-refractivity contribution in [1.29, 1.82) is 5.26 Å². The first-order valence-corrected chi connectivity index (χ1v) is 6.60. The van der Waals surface area contributed by atoms with Crippen LogP contribution in [0.25, 0.3) is 0 Å². The van der Waals surface area contributed by atoms with E-state index in [4.69, 9.17) is 28.5 Å². The fourth-order valence-corrected chi connectivity index (χ4v) is 1.59. The first-order valence-electron chi connectivity index (χ1n) is 5.84. The van der Waals surface area contributed by atoms with Crippen LogP contribution in [0.3, 0.4) is 0 Å². The van der Waals surface area contributed by atoms with Gasteiger partial charge in [-0.2, -0.15) is 10.4 Å². The van der Waals surface area contributed by atoms with Gasteiger partial charge >= 0.3 is 0 Å². The fourth-order valence-electron chi connectivity index (χ4n) is 1.32. The lowest BCUT2D eigenvalue weighted by Gasteiger charge is -2.27. The van der Waals surface area contributed by atoms with Crippen LogP contribution in [0.1, 0.15) is 20.8 Å². The Balaban J connectivity index is 2.91. The van der Waals surface area contributed by atoms with Crippen LogP contribution in [0.2, 0.25) is 10.0 Å². The average molecular weight is 317 g/mol. The third-order valence-electron chi connectivity index (χ3n) is 3.02. The predicted octanol–water partition coefficient (Wildman–Crippen LogP) is 1.60. The van der Waals surface area contributed by atoms with Crippen LogP contribution < -0.4 is 10.9 Å². The standard InChI is InChI=1S/C12H14Cl2N4O2/c1-7(2)12(3,6-15)17-9(19)5-18-11(20)10(14)8(13)4-16-18/h4,7H,5H2,1-3H3,(H,17,19)/t12-/m0/s1. The third-order valence-corrected chi connectivity index (χ3v) is 3.77. The van der Waals surface area contributed by atoms with Crippen molar-refractivity contribution in [2.75, 3.05) is 0 Å². The maximum atomic E-state index is 11.9. The van der Waals surface area contributed by atoms with Gasteiger partial charge < -0.3 is 5.32 Å². The molecule has 0 unspecified atom stereocenters. The molecule has 108 valence electrons. The first-order chi connectivity index (χ1) is 9.21. The molecule has 0 fully saturated rings. The summed E-state index contributed by atoms with van der Waals surface area (Å²) in [5.41, 5.74) is -1.67. The number of amides is 1. The highest BCUT2D eigenvalue weighted by molar-refractivity contribution is 6.41. The number of aromatic nitrogens is 2. The summed E-state index contributed by atoms with van der Waals surface area (Å²) in [4.78, 5) is 23.6. The van der Waals surface area contributed by atoms with E-state index < -0.39 is 17.0 Å². The Labute approximate surface area is 126 Å². The van der Waals surface area contributed by atoms with Crippen LogP contribution in [0.4, 0.5) is 0 Å². The molecule has 1 N–H and O–H groups in total. The molecule has 1 rings (SSSR count). The summed E-state index contributed by atoms with van der Waals surface area (Å²) in [5, 5.41) is 15.3. The number of rotatable bonds is 4. The van der Waals surface area contributed by atoms with Gasteiger partial charge in [-0.3, -0.25) is 9.59 Å². The van der Waals surface area contributed by atoms with Gasteiger partial charge in [-0.25, -0.2) is 4.68 Å². The highest BCUT2D eigenvalue weighted by atomic mass is 35.5. The number of carbonyl (C=O) groups is 1. The van der Waals surface area contributed by atoms with E-state index in [0.717, 1.165) is 4.68 Å². The van der Waals surface area contributed by atoms with Crippen LogP contribution in [0.5, 0.6) is 0 Å². The van der Waals surface area contributed by atoms with E-state index in [1.54, 1.807) is 6.92 Å². The Morgan fingerprint density at radius 2 is 2.20 bits per heavy atom. The summed E-state index contributed by atoms with van der Waals surface area (Å²) in [5.74, 6) is -0.592. The molecular weight excluding hydrogens is 303 g/mol. The Morgan fingerprint density at radius 1 is 1.60 bits per heavy atom. The lowest BCUT2D eigenvalue weighted by atomic mass is 9.90. The molecule has 0 saturated heterocycles. The summed E-state index contributed by atoms with van der Waals surface area (Å²) in [6, 6.07) is 2.04. The number of nitrogens with zero attached hydrogens (tertiary/aromatic N) is 3. The number of nitriles is 1. The van der Waals surface area contributed by atoms with E-state index in [9.17, 15) is 9.59 Å². The van der Waals surface area contributed by atoms with Gasteiger partial charge in [0.15, 0.2) is 0 Å². The molecule has 1 amide bonds. The maximum Gasteiger partial charge on any atom is 0.287 e. The molecule has 1 heterocycles. The van der Waals surface area contributed by atoms with Crippen molar-refractivity contribution in [2.45, 2.75) is 32.9 Å². The fraction of sp³-hybridized carbons (Fsp3) is 0.500. The van der Waals surface area contributed by atoms with E-state index in [1.165, 1.54) is 6.20 Å². The molecule has 0 radical (unpaired) electrons. The molecule has 0 aliphatic carbocycles. The van der Waals surface area contributed by atoms with E-state index in [-0.39, 0.29) is 22.5 Å². The van der Waals surface area contributed by atoms with Crippen molar-refractivity contribution >= 4 is 29.1 Å². The number of hydrogen-bond donors (Lipinski definition) is 1. The molecule has 20 heavy (non-hydrogen) atoms. The van der Waals surface area contributed by atoms with Gasteiger partial charge in [0.25, 0.3) is 5.56 Å². The number of carbonyl (C=O) groups excluding carboxylic acids is 1. The van der Waals surface area contributed by atoms with Crippen LogP contribution in [0.15, 0.2) is 11.0 Å². The Kier molecular flexibility index (Phi) is 5.15. The lowest BCUT2D eigenvalue weighted by molar-refractivity contribution is -0.123. The quantitative estimate of drug-likeness (QED) is 0.914. The smallest absolute Gasteiger partial charge is 0.287 e. The SMILES string of the molecule is CC(C)[C@](C)(C#N)NC(=O)Cn1ncc(Cl)c(Cl)c1=O. The molecule has 0 bridgehead atoms. The van der Waals surface area contributed by atoms with Crippen molar-refractivity contribution in [1.82, 2.24) is 15.1 Å². The molecule has 0 aliphatic rings. The summed E-state index contributed by atoms with van der Waals surface area (Å²) in [6.45, 7) is 4.90. The zero-order chi connectivity index (χ0) is 15.5. The minimum atomic E-state index is -1.02. The topological polar surface area (TPSA) is 87.8 Å². The first kappa shape index (κ1) is 16.5.